The zero-order valence-electron chi connectivity index (χ0n) is 8.12. The van der Waals surface area contributed by atoms with E-state index in [4.69, 9.17) is 9.84 Å². The second kappa shape index (κ2) is 5.79. The van der Waals surface area contributed by atoms with E-state index in [1.54, 1.807) is 6.07 Å². The molecule has 0 aliphatic carbocycles. The quantitative estimate of drug-likeness (QED) is 0.908. The Balaban J connectivity index is 2.84. The maximum Gasteiger partial charge on any atom is 0.307 e. The molecule has 1 N–H and O–H groups in total. The van der Waals surface area contributed by atoms with Crippen LogP contribution in [-0.2, 0) is 11.2 Å². The third-order valence-corrected chi connectivity index (χ3v) is 2.22. The average Bonchev–Trinajstić information content (AvgIpc) is 2.15. The van der Waals surface area contributed by atoms with Gasteiger partial charge in [-0.05, 0) is 18.2 Å². The number of hydrogen-bond donors (Lipinski definition) is 1. The van der Waals surface area contributed by atoms with Gasteiger partial charge in [0.2, 0.25) is 0 Å². The van der Waals surface area contributed by atoms with E-state index < -0.39 is 19.0 Å². The third kappa shape index (κ3) is 4.14. The number of ether oxygens (including phenoxy) is 1. The number of carboxylic acids is 1. The molecule has 1 aromatic rings. The summed E-state index contributed by atoms with van der Waals surface area (Å²) in [4.78, 5) is 10.6. The van der Waals surface area contributed by atoms with Gasteiger partial charge in [0.1, 0.15) is 12.4 Å². The normalized spacial score (nSPS) is 10.5. The van der Waals surface area contributed by atoms with Gasteiger partial charge in [0, 0.05) is 10.0 Å². The lowest BCUT2D eigenvalue weighted by Crippen LogP contribution is -2.10. The molecular formula is C10H9BrF2O3. The van der Waals surface area contributed by atoms with Crippen molar-refractivity contribution in [2.24, 2.45) is 0 Å². The standard InChI is InChI=1S/C10H9BrF2O3/c11-7-1-2-8(16-5-9(12)13)6(3-7)4-10(14)15/h1-3,9H,4-5H2,(H,14,15). The first-order valence-corrected chi connectivity index (χ1v) is 5.19. The minimum atomic E-state index is -2.58. The number of rotatable bonds is 5. The van der Waals surface area contributed by atoms with Crippen LogP contribution < -0.4 is 4.74 Å². The van der Waals surface area contributed by atoms with Crippen LogP contribution in [0.4, 0.5) is 8.78 Å². The Bertz CT molecular complexity index is 382. The molecule has 0 aliphatic rings. The number of hydrogen-bond acceptors (Lipinski definition) is 2. The van der Waals surface area contributed by atoms with Crippen molar-refractivity contribution in [2.45, 2.75) is 12.8 Å². The smallest absolute Gasteiger partial charge is 0.307 e. The van der Waals surface area contributed by atoms with E-state index >= 15 is 0 Å². The molecule has 0 saturated carbocycles. The van der Waals surface area contributed by atoms with Crippen LogP contribution in [0.15, 0.2) is 22.7 Å². The summed E-state index contributed by atoms with van der Waals surface area (Å²) in [5, 5.41) is 8.64. The molecule has 0 fully saturated rings. The lowest BCUT2D eigenvalue weighted by Gasteiger charge is -2.10. The molecule has 0 saturated heterocycles. The van der Waals surface area contributed by atoms with Crippen LogP contribution in [0.5, 0.6) is 5.75 Å². The van der Waals surface area contributed by atoms with Crippen molar-refractivity contribution >= 4 is 21.9 Å². The molecule has 0 atom stereocenters. The highest BCUT2D eigenvalue weighted by Crippen LogP contribution is 2.24. The summed E-state index contributed by atoms with van der Waals surface area (Å²) < 4.78 is 29.4. The summed E-state index contributed by atoms with van der Waals surface area (Å²) in [5.74, 6) is -0.870. The van der Waals surface area contributed by atoms with Gasteiger partial charge < -0.3 is 9.84 Å². The Kier molecular flexibility index (Phi) is 4.67. The summed E-state index contributed by atoms with van der Waals surface area (Å²) in [6, 6.07) is 4.60. The molecule has 0 heterocycles. The topological polar surface area (TPSA) is 46.5 Å². The summed E-state index contributed by atoms with van der Waals surface area (Å²) in [5.41, 5.74) is 0.363. The van der Waals surface area contributed by atoms with Crippen LogP contribution in [0.3, 0.4) is 0 Å². The minimum Gasteiger partial charge on any atom is -0.487 e. The van der Waals surface area contributed by atoms with Crippen LogP contribution in [0.25, 0.3) is 0 Å². The van der Waals surface area contributed by atoms with Crippen molar-refractivity contribution in [1.29, 1.82) is 0 Å². The number of halogens is 3. The van der Waals surface area contributed by atoms with Crippen LogP contribution in [-0.4, -0.2) is 24.1 Å². The van der Waals surface area contributed by atoms with Crippen molar-refractivity contribution < 1.29 is 23.4 Å². The molecule has 16 heavy (non-hydrogen) atoms. The molecule has 1 aromatic carbocycles. The lowest BCUT2D eigenvalue weighted by atomic mass is 10.1. The van der Waals surface area contributed by atoms with Gasteiger partial charge in [-0.2, -0.15) is 0 Å². The highest BCUT2D eigenvalue weighted by molar-refractivity contribution is 9.10. The number of alkyl halides is 2. The first-order chi connectivity index (χ1) is 7.49. The predicted molar refractivity (Wildman–Crippen MR) is 57.0 cm³/mol. The lowest BCUT2D eigenvalue weighted by molar-refractivity contribution is -0.136. The van der Waals surface area contributed by atoms with E-state index in [0.29, 0.717) is 10.0 Å². The summed E-state index contributed by atoms with van der Waals surface area (Å²) in [7, 11) is 0. The zero-order chi connectivity index (χ0) is 12.1. The second-order valence-electron chi connectivity index (χ2n) is 3.02. The van der Waals surface area contributed by atoms with E-state index in [1.165, 1.54) is 12.1 Å². The highest BCUT2D eigenvalue weighted by Gasteiger charge is 2.11. The molecule has 0 aliphatic heterocycles. The first-order valence-electron chi connectivity index (χ1n) is 4.40. The largest absolute Gasteiger partial charge is 0.487 e. The van der Waals surface area contributed by atoms with E-state index in [0.717, 1.165) is 0 Å². The predicted octanol–water partition coefficient (Wildman–Crippen LogP) is 2.72. The number of carboxylic acid groups (broad SMARTS) is 1. The van der Waals surface area contributed by atoms with Gasteiger partial charge in [0.15, 0.2) is 0 Å². The number of aliphatic carboxylic acids is 1. The molecule has 1 rings (SSSR count). The Hall–Kier alpha value is -1.17. The molecule has 0 spiro atoms. The maximum atomic E-state index is 11.9. The fraction of sp³-hybridized carbons (Fsp3) is 0.300. The van der Waals surface area contributed by atoms with Gasteiger partial charge in [-0.25, -0.2) is 8.78 Å². The van der Waals surface area contributed by atoms with E-state index in [1.807, 2.05) is 0 Å². The summed E-state index contributed by atoms with van der Waals surface area (Å²) in [6.45, 7) is -0.742. The van der Waals surface area contributed by atoms with Crippen LogP contribution in [0.2, 0.25) is 0 Å². The second-order valence-corrected chi connectivity index (χ2v) is 3.94. The van der Waals surface area contributed by atoms with Gasteiger partial charge >= 0.3 is 5.97 Å². The Labute approximate surface area is 99.2 Å². The Morgan fingerprint density at radius 3 is 2.75 bits per heavy atom. The van der Waals surface area contributed by atoms with Gasteiger partial charge in [-0.15, -0.1) is 0 Å². The monoisotopic (exact) mass is 294 g/mol. The summed E-state index contributed by atoms with van der Waals surface area (Å²) in [6.07, 6.45) is -2.85. The molecular weight excluding hydrogens is 286 g/mol. The van der Waals surface area contributed by atoms with Gasteiger partial charge in [0.05, 0.1) is 6.42 Å². The molecule has 3 nitrogen and oxygen atoms in total. The third-order valence-electron chi connectivity index (χ3n) is 1.73. The Morgan fingerprint density at radius 2 is 2.19 bits per heavy atom. The number of benzene rings is 1. The SMILES string of the molecule is O=C(O)Cc1cc(Br)ccc1OCC(F)F. The van der Waals surface area contributed by atoms with E-state index in [2.05, 4.69) is 15.9 Å². The van der Waals surface area contributed by atoms with Gasteiger partial charge in [-0.1, -0.05) is 15.9 Å². The van der Waals surface area contributed by atoms with E-state index in [-0.39, 0.29) is 12.2 Å². The van der Waals surface area contributed by atoms with Crippen molar-refractivity contribution in [2.75, 3.05) is 6.61 Å². The molecule has 0 amide bonds. The first kappa shape index (κ1) is 12.9. The maximum absolute atomic E-state index is 11.9. The van der Waals surface area contributed by atoms with Crippen molar-refractivity contribution in [3.8, 4) is 5.75 Å². The van der Waals surface area contributed by atoms with Crippen LogP contribution in [0, 0.1) is 0 Å². The number of carbonyl (C=O) groups is 1. The zero-order valence-corrected chi connectivity index (χ0v) is 9.71. The van der Waals surface area contributed by atoms with E-state index in [9.17, 15) is 13.6 Å². The Morgan fingerprint density at radius 1 is 1.50 bits per heavy atom. The molecule has 0 unspecified atom stereocenters. The van der Waals surface area contributed by atoms with Crippen LogP contribution >= 0.6 is 15.9 Å². The van der Waals surface area contributed by atoms with Crippen LogP contribution in [0.1, 0.15) is 5.56 Å². The van der Waals surface area contributed by atoms with Crippen molar-refractivity contribution in [1.82, 2.24) is 0 Å². The van der Waals surface area contributed by atoms with Crippen molar-refractivity contribution in [3.63, 3.8) is 0 Å². The molecule has 88 valence electrons. The molecule has 0 radical (unpaired) electrons. The summed E-state index contributed by atoms with van der Waals surface area (Å²) >= 11 is 3.17. The van der Waals surface area contributed by atoms with Gasteiger partial charge in [0.25, 0.3) is 6.43 Å². The fourth-order valence-corrected chi connectivity index (χ4v) is 1.55. The van der Waals surface area contributed by atoms with Gasteiger partial charge in [-0.3, -0.25) is 4.79 Å². The molecule has 6 heteroatoms. The molecule has 0 aromatic heterocycles. The fourth-order valence-electron chi connectivity index (χ4n) is 1.14. The highest BCUT2D eigenvalue weighted by atomic mass is 79.9. The van der Waals surface area contributed by atoms with Crippen molar-refractivity contribution in [3.05, 3.63) is 28.2 Å². The molecule has 0 bridgehead atoms. The minimum absolute atomic E-state index is 0.172. The average molecular weight is 295 g/mol.